The first-order valence-electron chi connectivity index (χ1n) is 12.6. The van der Waals surface area contributed by atoms with E-state index in [-0.39, 0.29) is 5.91 Å². The quantitative estimate of drug-likeness (QED) is 0.191. The van der Waals surface area contributed by atoms with Crippen molar-refractivity contribution in [3.63, 3.8) is 0 Å². The first-order valence-corrected chi connectivity index (χ1v) is 13.8. The summed E-state index contributed by atoms with van der Waals surface area (Å²) in [6, 6.07) is 35.0. The molecule has 0 bridgehead atoms. The minimum atomic E-state index is -0.161. The molecule has 1 amide bonds. The van der Waals surface area contributed by atoms with E-state index in [4.69, 9.17) is 16.6 Å². The van der Waals surface area contributed by atoms with Crippen molar-refractivity contribution in [2.45, 2.75) is 6.54 Å². The van der Waals surface area contributed by atoms with E-state index in [1.165, 1.54) is 0 Å². The molecule has 0 saturated heterocycles. The van der Waals surface area contributed by atoms with Crippen molar-refractivity contribution in [3.05, 3.63) is 136 Å². The van der Waals surface area contributed by atoms with Crippen molar-refractivity contribution in [1.29, 1.82) is 0 Å². The third kappa shape index (κ3) is 5.47. The van der Waals surface area contributed by atoms with E-state index >= 15 is 0 Å². The highest BCUT2D eigenvalue weighted by Gasteiger charge is 2.14. The van der Waals surface area contributed by atoms with Gasteiger partial charge in [0.15, 0.2) is 5.65 Å². The molecular weight excluding hydrogens is 586 g/mol. The number of hydrogen-bond acceptors (Lipinski definition) is 4. The van der Waals surface area contributed by atoms with E-state index in [1.807, 2.05) is 109 Å². The zero-order valence-electron chi connectivity index (χ0n) is 21.2. The Balaban J connectivity index is 1.19. The summed E-state index contributed by atoms with van der Waals surface area (Å²) in [6.07, 6.45) is 1.71. The zero-order valence-corrected chi connectivity index (χ0v) is 23.5. The largest absolute Gasteiger partial charge is 0.366 e. The third-order valence-corrected chi connectivity index (χ3v) is 7.38. The maximum atomic E-state index is 12.9. The SMILES string of the molecule is O=C(Nc1cccc(CNc2cc(-c3ccccc3Cl)nc3c(Br)cnn23)c1)c1ccc(-c2ccccc2)cc1. The van der Waals surface area contributed by atoms with Gasteiger partial charge in [-0.3, -0.25) is 4.79 Å². The first-order chi connectivity index (χ1) is 19.5. The van der Waals surface area contributed by atoms with Crippen LogP contribution in [0.15, 0.2) is 120 Å². The number of carbonyl (C=O) groups is 1. The van der Waals surface area contributed by atoms with Crippen LogP contribution in [0.4, 0.5) is 11.5 Å². The molecule has 0 atom stereocenters. The van der Waals surface area contributed by atoms with Crippen molar-refractivity contribution in [2.24, 2.45) is 0 Å². The van der Waals surface area contributed by atoms with Gasteiger partial charge in [0.05, 0.1) is 16.4 Å². The van der Waals surface area contributed by atoms with Crippen LogP contribution in [0.3, 0.4) is 0 Å². The zero-order chi connectivity index (χ0) is 27.5. The van der Waals surface area contributed by atoms with E-state index in [0.29, 0.717) is 22.8 Å². The van der Waals surface area contributed by atoms with Crippen LogP contribution in [0.2, 0.25) is 5.02 Å². The molecule has 0 aliphatic carbocycles. The van der Waals surface area contributed by atoms with Crippen LogP contribution in [0.1, 0.15) is 15.9 Å². The van der Waals surface area contributed by atoms with Crippen LogP contribution in [0.5, 0.6) is 0 Å². The van der Waals surface area contributed by atoms with Gasteiger partial charge in [0.2, 0.25) is 0 Å². The molecule has 0 radical (unpaired) electrons. The van der Waals surface area contributed by atoms with Gasteiger partial charge in [-0.15, -0.1) is 0 Å². The molecule has 4 aromatic carbocycles. The summed E-state index contributed by atoms with van der Waals surface area (Å²) < 4.78 is 2.53. The first kappa shape index (κ1) is 25.8. The van der Waals surface area contributed by atoms with Crippen molar-refractivity contribution in [3.8, 4) is 22.4 Å². The highest BCUT2D eigenvalue weighted by Crippen LogP contribution is 2.30. The standard InChI is InChI=1S/C32H23BrClN5O/c33-27-20-36-39-30(18-29(38-31(27)39)26-11-4-5-12-28(26)34)35-19-21-7-6-10-25(17-21)37-32(40)24-15-13-23(14-16-24)22-8-2-1-3-9-22/h1-18,20,35H,19H2,(H,37,40). The van der Waals surface area contributed by atoms with Gasteiger partial charge in [0, 0.05) is 34.4 Å². The van der Waals surface area contributed by atoms with Gasteiger partial charge in [-0.2, -0.15) is 9.61 Å². The fraction of sp³-hybridized carbons (Fsp3) is 0.0312. The Morgan fingerprint density at radius 1 is 0.850 bits per heavy atom. The van der Waals surface area contributed by atoms with Gasteiger partial charge >= 0.3 is 0 Å². The lowest BCUT2D eigenvalue weighted by Crippen LogP contribution is -2.12. The Bertz CT molecular complexity index is 1820. The van der Waals surface area contributed by atoms with Crippen molar-refractivity contribution >= 4 is 50.6 Å². The molecule has 6 aromatic rings. The molecule has 8 heteroatoms. The molecule has 6 nitrogen and oxygen atoms in total. The Hall–Kier alpha value is -4.46. The average molecular weight is 609 g/mol. The third-order valence-electron chi connectivity index (χ3n) is 6.49. The number of benzene rings is 4. The number of nitrogens with zero attached hydrogens (tertiary/aromatic N) is 3. The summed E-state index contributed by atoms with van der Waals surface area (Å²) in [4.78, 5) is 17.7. The second kappa shape index (κ2) is 11.3. The Labute approximate surface area is 244 Å². The maximum Gasteiger partial charge on any atom is 0.255 e. The number of anilines is 2. The monoisotopic (exact) mass is 607 g/mol. The van der Waals surface area contributed by atoms with Gasteiger partial charge in [-0.05, 0) is 63.0 Å². The predicted molar refractivity (Wildman–Crippen MR) is 165 cm³/mol. The number of fused-ring (bicyclic) bond motifs is 1. The second-order valence-corrected chi connectivity index (χ2v) is 10.4. The lowest BCUT2D eigenvalue weighted by Gasteiger charge is -2.13. The normalized spacial score (nSPS) is 10.9. The van der Waals surface area contributed by atoms with E-state index in [0.717, 1.165) is 43.9 Å². The number of halogens is 2. The minimum Gasteiger partial charge on any atom is -0.366 e. The highest BCUT2D eigenvalue weighted by atomic mass is 79.9. The van der Waals surface area contributed by atoms with Gasteiger partial charge in [0.1, 0.15) is 5.82 Å². The van der Waals surface area contributed by atoms with Gasteiger partial charge in [0.25, 0.3) is 5.91 Å². The van der Waals surface area contributed by atoms with Crippen LogP contribution in [0.25, 0.3) is 28.0 Å². The summed E-state index contributed by atoms with van der Waals surface area (Å²) in [7, 11) is 0. The molecule has 2 heterocycles. The summed E-state index contributed by atoms with van der Waals surface area (Å²) in [5.41, 5.74) is 6.74. The van der Waals surface area contributed by atoms with Crippen molar-refractivity contribution in [2.75, 3.05) is 10.6 Å². The summed E-state index contributed by atoms with van der Waals surface area (Å²) in [5.74, 6) is 0.602. The molecule has 6 rings (SSSR count). The minimum absolute atomic E-state index is 0.161. The fourth-order valence-corrected chi connectivity index (χ4v) is 5.05. The van der Waals surface area contributed by atoms with Gasteiger partial charge in [-0.25, -0.2) is 4.98 Å². The molecule has 196 valence electrons. The van der Waals surface area contributed by atoms with E-state index in [9.17, 15) is 4.79 Å². The molecule has 2 aromatic heterocycles. The van der Waals surface area contributed by atoms with Crippen LogP contribution < -0.4 is 10.6 Å². The molecule has 0 fully saturated rings. The number of amides is 1. The van der Waals surface area contributed by atoms with E-state index < -0.39 is 0 Å². The lowest BCUT2D eigenvalue weighted by atomic mass is 10.0. The van der Waals surface area contributed by atoms with Crippen LogP contribution in [-0.4, -0.2) is 20.5 Å². The second-order valence-electron chi connectivity index (χ2n) is 9.19. The van der Waals surface area contributed by atoms with Crippen molar-refractivity contribution in [1.82, 2.24) is 14.6 Å². The number of nitrogens with one attached hydrogen (secondary N) is 2. The molecule has 0 aliphatic heterocycles. The lowest BCUT2D eigenvalue weighted by molar-refractivity contribution is 0.102. The van der Waals surface area contributed by atoms with Crippen LogP contribution in [-0.2, 0) is 6.54 Å². The van der Waals surface area contributed by atoms with Crippen LogP contribution in [0, 0.1) is 0 Å². The fourth-order valence-electron chi connectivity index (χ4n) is 4.47. The predicted octanol–water partition coefficient (Wildman–Crippen LogP) is 8.34. The number of aromatic nitrogens is 3. The van der Waals surface area contributed by atoms with Crippen LogP contribution >= 0.6 is 27.5 Å². The maximum absolute atomic E-state index is 12.9. The van der Waals surface area contributed by atoms with Crippen molar-refractivity contribution < 1.29 is 4.79 Å². The Morgan fingerprint density at radius 3 is 2.40 bits per heavy atom. The molecule has 40 heavy (non-hydrogen) atoms. The smallest absolute Gasteiger partial charge is 0.255 e. The molecule has 0 aliphatic rings. The summed E-state index contributed by atoms with van der Waals surface area (Å²) >= 11 is 10.0. The van der Waals surface area contributed by atoms with E-state index in [1.54, 1.807) is 10.7 Å². The Morgan fingerprint density at radius 2 is 1.60 bits per heavy atom. The van der Waals surface area contributed by atoms with Gasteiger partial charge < -0.3 is 10.6 Å². The number of hydrogen-bond donors (Lipinski definition) is 2. The number of rotatable bonds is 7. The summed E-state index contributed by atoms with van der Waals surface area (Å²) in [6.45, 7) is 0.508. The average Bonchev–Trinajstić information content (AvgIpc) is 3.37. The topological polar surface area (TPSA) is 71.3 Å². The molecular formula is C32H23BrClN5O. The Kier molecular flexibility index (Phi) is 7.31. The number of carbonyl (C=O) groups excluding carboxylic acids is 1. The van der Waals surface area contributed by atoms with E-state index in [2.05, 4.69) is 31.7 Å². The van der Waals surface area contributed by atoms with Gasteiger partial charge in [-0.1, -0.05) is 84.4 Å². The highest BCUT2D eigenvalue weighted by molar-refractivity contribution is 9.10. The molecule has 0 unspecified atom stereocenters. The summed E-state index contributed by atoms with van der Waals surface area (Å²) in [5, 5.41) is 11.6. The molecule has 0 saturated carbocycles. The molecule has 0 spiro atoms. The molecule has 2 N–H and O–H groups in total.